The second-order valence-corrected chi connectivity index (χ2v) is 7.16. The molecule has 1 aliphatic carbocycles. The lowest BCUT2D eigenvalue weighted by atomic mass is 9.92. The smallest absolute Gasteiger partial charge is 0.349 e. The first-order valence-electron chi connectivity index (χ1n) is 9.44. The summed E-state index contributed by atoms with van der Waals surface area (Å²) >= 11 is 0. The Bertz CT molecular complexity index is 1010. The lowest BCUT2D eigenvalue weighted by Crippen LogP contribution is -2.39. The molecule has 29 heavy (non-hydrogen) atoms. The highest BCUT2D eigenvalue weighted by Gasteiger charge is 2.31. The first-order valence-corrected chi connectivity index (χ1v) is 9.44. The average molecular weight is 406 g/mol. The molecule has 0 saturated carbocycles. The molecule has 0 aliphatic heterocycles. The Morgan fingerprint density at radius 1 is 1.17 bits per heavy atom. The van der Waals surface area contributed by atoms with Gasteiger partial charge in [-0.05, 0) is 56.5 Å². The summed E-state index contributed by atoms with van der Waals surface area (Å²) in [5, 5.41) is 2.70. The van der Waals surface area contributed by atoms with Crippen molar-refractivity contribution in [1.82, 2.24) is 9.88 Å². The van der Waals surface area contributed by atoms with Crippen molar-refractivity contribution in [2.75, 3.05) is 0 Å². The highest BCUT2D eigenvalue weighted by molar-refractivity contribution is 6.02. The molecule has 2 aromatic rings. The molecule has 1 amide bonds. The first kappa shape index (κ1) is 20.8. The van der Waals surface area contributed by atoms with Gasteiger partial charge >= 0.3 is 6.18 Å². The van der Waals surface area contributed by atoms with Gasteiger partial charge in [-0.1, -0.05) is 6.92 Å². The van der Waals surface area contributed by atoms with E-state index in [9.17, 15) is 27.6 Å². The fourth-order valence-corrected chi connectivity index (χ4v) is 3.33. The summed E-state index contributed by atoms with van der Waals surface area (Å²) in [7, 11) is 0. The van der Waals surface area contributed by atoms with E-state index in [4.69, 9.17) is 0 Å². The number of hydrogen-bond donors (Lipinski definition) is 1. The number of pyridine rings is 1. The molecule has 1 heterocycles. The zero-order valence-corrected chi connectivity index (χ0v) is 16.1. The SMILES string of the molecule is CC[C@@H](C)NC(=O)c1cc2c(n(-c3ccc(C(F)(F)F)cc3)c1=O)CCCC2=O. The minimum Gasteiger partial charge on any atom is -0.349 e. The van der Waals surface area contributed by atoms with E-state index < -0.39 is 23.2 Å². The van der Waals surface area contributed by atoms with Crippen molar-refractivity contribution in [1.29, 1.82) is 0 Å². The molecular weight excluding hydrogens is 385 g/mol. The van der Waals surface area contributed by atoms with Crippen LogP contribution in [0, 0.1) is 0 Å². The number of rotatable bonds is 4. The van der Waals surface area contributed by atoms with Crippen LogP contribution in [0.2, 0.25) is 0 Å². The standard InChI is InChI=1S/C21H21F3N2O3/c1-3-12(2)25-19(28)16-11-15-17(5-4-6-18(15)27)26(20(16)29)14-9-7-13(8-10-14)21(22,23)24/h7-12H,3-6H2,1-2H3,(H,25,28)/t12-/m1/s1. The third-order valence-corrected chi connectivity index (χ3v) is 5.11. The van der Waals surface area contributed by atoms with E-state index in [1.807, 2.05) is 6.92 Å². The molecule has 0 spiro atoms. The predicted molar refractivity (Wildman–Crippen MR) is 102 cm³/mol. The summed E-state index contributed by atoms with van der Waals surface area (Å²) in [4.78, 5) is 38.1. The van der Waals surface area contributed by atoms with Gasteiger partial charge in [-0.2, -0.15) is 13.2 Å². The summed E-state index contributed by atoms with van der Waals surface area (Å²) in [5.41, 5.74) is -0.814. The van der Waals surface area contributed by atoms with Gasteiger partial charge in [0.2, 0.25) is 0 Å². The monoisotopic (exact) mass is 406 g/mol. The quantitative estimate of drug-likeness (QED) is 0.837. The fraction of sp³-hybridized carbons (Fsp3) is 0.381. The van der Waals surface area contributed by atoms with Gasteiger partial charge in [0.05, 0.1) is 5.56 Å². The van der Waals surface area contributed by atoms with Crippen LogP contribution < -0.4 is 10.9 Å². The second-order valence-electron chi connectivity index (χ2n) is 7.16. The lowest BCUT2D eigenvalue weighted by molar-refractivity contribution is -0.137. The van der Waals surface area contributed by atoms with E-state index in [-0.39, 0.29) is 28.6 Å². The molecule has 5 nitrogen and oxygen atoms in total. The number of hydrogen-bond acceptors (Lipinski definition) is 3. The topological polar surface area (TPSA) is 68.2 Å². The van der Waals surface area contributed by atoms with Crippen LogP contribution >= 0.6 is 0 Å². The van der Waals surface area contributed by atoms with Crippen molar-refractivity contribution < 1.29 is 22.8 Å². The Hall–Kier alpha value is -2.90. The number of carbonyl (C=O) groups is 2. The summed E-state index contributed by atoms with van der Waals surface area (Å²) in [6, 6.07) is 5.26. The molecule has 1 atom stereocenters. The molecule has 0 fully saturated rings. The van der Waals surface area contributed by atoms with Crippen LogP contribution in [0.15, 0.2) is 35.1 Å². The first-order chi connectivity index (χ1) is 13.6. The Morgan fingerprint density at radius 2 is 1.83 bits per heavy atom. The highest BCUT2D eigenvalue weighted by atomic mass is 19.4. The Labute approximate surface area is 165 Å². The molecular formula is C21H21F3N2O3. The summed E-state index contributed by atoms with van der Waals surface area (Å²) in [6.45, 7) is 3.66. The zero-order chi connectivity index (χ0) is 21.3. The number of alkyl halides is 3. The number of ketones is 1. The van der Waals surface area contributed by atoms with Crippen LogP contribution in [-0.4, -0.2) is 22.3 Å². The van der Waals surface area contributed by atoms with E-state index in [1.165, 1.54) is 22.8 Å². The second kappa shape index (κ2) is 7.85. The number of halogens is 3. The van der Waals surface area contributed by atoms with Crippen LogP contribution in [0.5, 0.6) is 0 Å². The van der Waals surface area contributed by atoms with Crippen LogP contribution in [0.25, 0.3) is 5.69 Å². The van der Waals surface area contributed by atoms with Gasteiger partial charge in [-0.25, -0.2) is 0 Å². The number of fused-ring (bicyclic) bond motifs is 1. The number of aromatic nitrogens is 1. The van der Waals surface area contributed by atoms with E-state index >= 15 is 0 Å². The van der Waals surface area contributed by atoms with Crippen LogP contribution in [0.3, 0.4) is 0 Å². The molecule has 0 radical (unpaired) electrons. The van der Waals surface area contributed by atoms with Crippen molar-refractivity contribution in [2.24, 2.45) is 0 Å². The molecule has 0 bridgehead atoms. The van der Waals surface area contributed by atoms with Crippen molar-refractivity contribution in [2.45, 2.75) is 51.7 Å². The van der Waals surface area contributed by atoms with Gasteiger partial charge in [0.15, 0.2) is 5.78 Å². The number of nitrogens with zero attached hydrogens (tertiary/aromatic N) is 1. The average Bonchev–Trinajstić information content (AvgIpc) is 2.67. The maximum absolute atomic E-state index is 13.1. The molecule has 8 heteroatoms. The molecule has 0 saturated heterocycles. The minimum absolute atomic E-state index is 0.173. The van der Waals surface area contributed by atoms with Gasteiger partial charge in [-0.15, -0.1) is 0 Å². The van der Waals surface area contributed by atoms with Gasteiger partial charge in [-0.3, -0.25) is 19.0 Å². The molecule has 1 aromatic heterocycles. The molecule has 1 aliphatic rings. The van der Waals surface area contributed by atoms with Crippen LogP contribution in [-0.2, 0) is 12.6 Å². The molecule has 1 aromatic carbocycles. The molecule has 3 rings (SSSR count). The van der Waals surface area contributed by atoms with Crippen molar-refractivity contribution >= 4 is 11.7 Å². The van der Waals surface area contributed by atoms with Crippen LogP contribution in [0.4, 0.5) is 13.2 Å². The van der Waals surface area contributed by atoms with E-state index in [2.05, 4.69) is 5.32 Å². The largest absolute Gasteiger partial charge is 0.416 e. The van der Waals surface area contributed by atoms with Crippen molar-refractivity contribution in [3.63, 3.8) is 0 Å². The Morgan fingerprint density at radius 3 is 2.41 bits per heavy atom. The fourth-order valence-electron chi connectivity index (χ4n) is 3.33. The maximum atomic E-state index is 13.1. The zero-order valence-electron chi connectivity index (χ0n) is 16.1. The summed E-state index contributed by atoms with van der Waals surface area (Å²) in [5.74, 6) is -0.796. The molecule has 1 N–H and O–H groups in total. The lowest BCUT2D eigenvalue weighted by Gasteiger charge is -2.22. The predicted octanol–water partition coefficient (Wildman–Crippen LogP) is 3.90. The molecule has 0 unspecified atom stereocenters. The summed E-state index contributed by atoms with van der Waals surface area (Å²) in [6.07, 6.45) is -2.60. The normalized spacial score (nSPS) is 15.0. The minimum atomic E-state index is -4.50. The van der Waals surface area contributed by atoms with E-state index in [0.29, 0.717) is 31.4 Å². The van der Waals surface area contributed by atoms with Gasteiger partial charge in [0.1, 0.15) is 5.56 Å². The molecule has 154 valence electrons. The maximum Gasteiger partial charge on any atom is 0.416 e. The number of nitrogens with one attached hydrogen (secondary N) is 1. The highest BCUT2D eigenvalue weighted by Crippen LogP contribution is 2.30. The van der Waals surface area contributed by atoms with Crippen molar-refractivity contribution in [3.05, 3.63) is 63.1 Å². The van der Waals surface area contributed by atoms with Crippen LogP contribution in [0.1, 0.15) is 65.1 Å². The number of Topliss-reactive ketones (excluding diaryl/α,β-unsaturated/α-hetero) is 1. The number of benzene rings is 1. The van der Waals surface area contributed by atoms with Gasteiger partial charge in [0.25, 0.3) is 11.5 Å². The van der Waals surface area contributed by atoms with Crippen molar-refractivity contribution in [3.8, 4) is 5.69 Å². The number of carbonyl (C=O) groups excluding carboxylic acids is 2. The van der Waals surface area contributed by atoms with Gasteiger partial charge < -0.3 is 5.32 Å². The third-order valence-electron chi connectivity index (χ3n) is 5.11. The van der Waals surface area contributed by atoms with E-state index in [0.717, 1.165) is 12.1 Å². The van der Waals surface area contributed by atoms with E-state index in [1.54, 1.807) is 6.92 Å². The number of amides is 1. The summed E-state index contributed by atoms with van der Waals surface area (Å²) < 4.78 is 39.8. The van der Waals surface area contributed by atoms with Gasteiger partial charge in [0, 0.05) is 29.4 Å². The Balaban J connectivity index is 2.18. The third kappa shape index (κ3) is 4.11. The Kier molecular flexibility index (Phi) is 5.64.